The first-order chi connectivity index (χ1) is 5.16. The van der Waals surface area contributed by atoms with Crippen LogP contribution in [0.5, 0.6) is 0 Å². The average Bonchev–Trinajstić information content (AvgIpc) is 2.30. The van der Waals surface area contributed by atoms with E-state index in [9.17, 15) is 0 Å². The lowest BCUT2D eigenvalue weighted by molar-refractivity contribution is 0.723. The molecule has 1 aromatic heterocycles. The van der Waals surface area contributed by atoms with E-state index < -0.39 is 0 Å². The minimum Gasteiger partial charge on any atom is -0.282 e. The lowest BCUT2D eigenvalue weighted by Crippen LogP contribution is -1.94. The van der Waals surface area contributed by atoms with Crippen molar-refractivity contribution in [1.82, 2.24) is 10.2 Å². The van der Waals surface area contributed by atoms with Crippen molar-refractivity contribution in [3.63, 3.8) is 0 Å². The number of hydrogen-bond acceptors (Lipinski definition) is 1. The van der Waals surface area contributed by atoms with E-state index in [1.165, 1.54) is 17.7 Å². The molecule has 0 spiro atoms. The van der Waals surface area contributed by atoms with Gasteiger partial charge in [0, 0.05) is 7.12 Å². The molecular weight excluding hydrogens is 136 g/mol. The largest absolute Gasteiger partial charge is 0.282 e. The standard InChI is InChI=1S/C9H16N2.H2/c1-5-6(2)9-7(3)10-11-8(9)4;/h6H,5H2,1-4H3,(H,10,11);1H. The molecule has 0 aliphatic rings. The summed E-state index contributed by atoms with van der Waals surface area (Å²) in [6.45, 7) is 8.59. The van der Waals surface area contributed by atoms with E-state index in [0.717, 1.165) is 5.69 Å². The quantitative estimate of drug-likeness (QED) is 0.697. The summed E-state index contributed by atoms with van der Waals surface area (Å²) < 4.78 is 0. The molecule has 0 saturated heterocycles. The first-order valence-electron chi connectivity index (χ1n) is 4.18. The molecular formula is C9H18N2. The fourth-order valence-corrected chi connectivity index (χ4v) is 1.49. The molecule has 2 nitrogen and oxygen atoms in total. The molecule has 0 bridgehead atoms. The van der Waals surface area contributed by atoms with Crippen molar-refractivity contribution in [2.45, 2.75) is 40.0 Å². The molecule has 0 saturated carbocycles. The van der Waals surface area contributed by atoms with Gasteiger partial charge in [-0.1, -0.05) is 13.8 Å². The van der Waals surface area contributed by atoms with Gasteiger partial charge in [0.05, 0.1) is 5.69 Å². The first-order valence-corrected chi connectivity index (χ1v) is 4.18. The van der Waals surface area contributed by atoms with Crippen LogP contribution in [0.15, 0.2) is 0 Å². The molecule has 1 atom stereocenters. The van der Waals surface area contributed by atoms with Crippen molar-refractivity contribution in [2.75, 3.05) is 0 Å². The molecule has 2 heteroatoms. The van der Waals surface area contributed by atoms with Crippen LogP contribution in [0.25, 0.3) is 0 Å². The molecule has 0 fully saturated rings. The van der Waals surface area contributed by atoms with Crippen LogP contribution >= 0.6 is 0 Å². The molecule has 64 valence electrons. The van der Waals surface area contributed by atoms with Crippen LogP contribution in [-0.4, -0.2) is 10.2 Å². The van der Waals surface area contributed by atoms with Crippen LogP contribution in [0.1, 0.15) is 44.6 Å². The predicted molar refractivity (Wildman–Crippen MR) is 48.9 cm³/mol. The Morgan fingerprint density at radius 3 is 2.55 bits per heavy atom. The molecule has 1 unspecified atom stereocenters. The maximum atomic E-state index is 4.16. The Kier molecular flexibility index (Phi) is 2.32. The molecule has 0 aliphatic carbocycles. The van der Waals surface area contributed by atoms with Gasteiger partial charge in [-0.25, -0.2) is 0 Å². The van der Waals surface area contributed by atoms with Crippen molar-refractivity contribution in [2.24, 2.45) is 0 Å². The van der Waals surface area contributed by atoms with Crippen LogP contribution in [0, 0.1) is 13.8 Å². The second-order valence-corrected chi connectivity index (χ2v) is 3.16. The van der Waals surface area contributed by atoms with Gasteiger partial charge in [0.2, 0.25) is 0 Å². The number of aromatic amines is 1. The number of nitrogens with zero attached hydrogens (tertiary/aromatic N) is 1. The molecule has 1 rings (SSSR count). The Balaban J connectivity index is 0.00000121. The summed E-state index contributed by atoms with van der Waals surface area (Å²) in [6.07, 6.45) is 1.18. The van der Waals surface area contributed by atoms with E-state index in [-0.39, 0.29) is 1.43 Å². The van der Waals surface area contributed by atoms with Crippen LogP contribution in [0.4, 0.5) is 0 Å². The molecule has 1 N–H and O–H groups in total. The van der Waals surface area contributed by atoms with Gasteiger partial charge in [0.15, 0.2) is 0 Å². The summed E-state index contributed by atoms with van der Waals surface area (Å²) in [6, 6.07) is 0. The Bertz CT molecular complexity index is 223. The van der Waals surface area contributed by atoms with E-state index in [1.54, 1.807) is 0 Å². The third kappa shape index (κ3) is 1.44. The second kappa shape index (κ2) is 3.07. The van der Waals surface area contributed by atoms with Gasteiger partial charge in [0.25, 0.3) is 0 Å². The Labute approximate surface area is 69.5 Å². The van der Waals surface area contributed by atoms with E-state index in [4.69, 9.17) is 0 Å². The van der Waals surface area contributed by atoms with Crippen LogP contribution in [-0.2, 0) is 0 Å². The number of H-pyrrole nitrogens is 1. The van der Waals surface area contributed by atoms with Gasteiger partial charge in [0.1, 0.15) is 0 Å². The third-order valence-corrected chi connectivity index (χ3v) is 2.29. The van der Waals surface area contributed by atoms with Crippen LogP contribution in [0.2, 0.25) is 0 Å². The molecule has 11 heavy (non-hydrogen) atoms. The minimum absolute atomic E-state index is 0. The highest BCUT2D eigenvalue weighted by molar-refractivity contribution is 5.26. The van der Waals surface area contributed by atoms with Crippen molar-refractivity contribution >= 4 is 0 Å². The predicted octanol–water partition coefficient (Wildman–Crippen LogP) is 2.79. The smallest absolute Gasteiger partial charge is 0.0628 e. The summed E-state index contributed by atoms with van der Waals surface area (Å²) in [7, 11) is 0. The highest BCUT2D eigenvalue weighted by Gasteiger charge is 2.11. The molecule has 1 heterocycles. The lowest BCUT2D eigenvalue weighted by atomic mass is 9.97. The third-order valence-electron chi connectivity index (χ3n) is 2.29. The molecule has 0 aromatic carbocycles. The first kappa shape index (κ1) is 8.31. The van der Waals surface area contributed by atoms with Crippen molar-refractivity contribution in [3.05, 3.63) is 17.0 Å². The Hall–Kier alpha value is -0.790. The zero-order valence-electron chi connectivity index (χ0n) is 7.73. The number of aromatic nitrogens is 2. The van der Waals surface area contributed by atoms with Gasteiger partial charge in [-0.15, -0.1) is 0 Å². The monoisotopic (exact) mass is 154 g/mol. The van der Waals surface area contributed by atoms with Gasteiger partial charge in [-0.3, -0.25) is 5.10 Å². The fraction of sp³-hybridized carbons (Fsp3) is 0.667. The zero-order chi connectivity index (χ0) is 8.43. The van der Waals surface area contributed by atoms with Crippen LogP contribution in [0.3, 0.4) is 0 Å². The maximum absolute atomic E-state index is 4.16. The Morgan fingerprint density at radius 2 is 2.18 bits per heavy atom. The van der Waals surface area contributed by atoms with E-state index in [1.807, 2.05) is 0 Å². The van der Waals surface area contributed by atoms with Crippen molar-refractivity contribution in [1.29, 1.82) is 0 Å². The fourth-order valence-electron chi connectivity index (χ4n) is 1.49. The normalized spacial score (nSPS) is 13.5. The number of nitrogens with one attached hydrogen (secondary N) is 1. The van der Waals surface area contributed by atoms with Crippen LogP contribution < -0.4 is 0 Å². The summed E-state index contributed by atoms with van der Waals surface area (Å²) in [5, 5.41) is 7.16. The SMILES string of the molecule is CCC(C)c1c(C)n[nH]c1C.[HH]. The van der Waals surface area contributed by atoms with E-state index >= 15 is 0 Å². The molecule has 0 radical (unpaired) electrons. The van der Waals surface area contributed by atoms with E-state index in [2.05, 4.69) is 37.9 Å². The van der Waals surface area contributed by atoms with Crippen molar-refractivity contribution in [3.8, 4) is 0 Å². The number of rotatable bonds is 2. The topological polar surface area (TPSA) is 28.7 Å². The summed E-state index contributed by atoms with van der Waals surface area (Å²) >= 11 is 0. The Morgan fingerprint density at radius 1 is 1.55 bits per heavy atom. The highest BCUT2D eigenvalue weighted by Crippen LogP contribution is 2.23. The molecule has 1 aromatic rings. The average molecular weight is 154 g/mol. The van der Waals surface area contributed by atoms with Gasteiger partial charge < -0.3 is 0 Å². The molecule has 0 aliphatic heterocycles. The lowest BCUT2D eigenvalue weighted by Gasteiger charge is -2.07. The summed E-state index contributed by atoms with van der Waals surface area (Å²) in [5.41, 5.74) is 3.77. The van der Waals surface area contributed by atoms with Gasteiger partial charge >= 0.3 is 0 Å². The zero-order valence-corrected chi connectivity index (χ0v) is 7.73. The minimum atomic E-state index is 0. The van der Waals surface area contributed by atoms with Crippen molar-refractivity contribution < 1.29 is 1.43 Å². The number of aryl methyl sites for hydroxylation is 2. The van der Waals surface area contributed by atoms with Gasteiger partial charge in [-0.05, 0) is 31.7 Å². The summed E-state index contributed by atoms with van der Waals surface area (Å²) in [4.78, 5) is 0. The van der Waals surface area contributed by atoms with E-state index in [0.29, 0.717) is 5.92 Å². The number of hydrogen-bond donors (Lipinski definition) is 1. The summed E-state index contributed by atoms with van der Waals surface area (Å²) in [5.74, 6) is 0.633. The maximum Gasteiger partial charge on any atom is 0.0628 e. The molecule has 0 amide bonds. The second-order valence-electron chi connectivity index (χ2n) is 3.16. The highest BCUT2D eigenvalue weighted by atomic mass is 15.1. The van der Waals surface area contributed by atoms with Gasteiger partial charge in [-0.2, -0.15) is 5.10 Å².